The van der Waals surface area contributed by atoms with Gasteiger partial charge < -0.3 is 0 Å². The van der Waals surface area contributed by atoms with Crippen LogP contribution >= 0.6 is 0 Å². The van der Waals surface area contributed by atoms with Gasteiger partial charge >= 0.3 is 0 Å². The average molecular weight is 313 g/mol. The Hall–Kier alpha value is -2.49. The van der Waals surface area contributed by atoms with E-state index in [4.69, 9.17) is 0 Å². The molecule has 3 aromatic rings. The highest BCUT2D eigenvalue weighted by Gasteiger charge is 1.95. The lowest BCUT2D eigenvalue weighted by Crippen LogP contribution is -2.13. The molecule has 3 rings (SSSR count). The Morgan fingerprint density at radius 2 is 1.52 bits per heavy atom. The summed E-state index contributed by atoms with van der Waals surface area (Å²) in [6, 6.07) is 12.9. The summed E-state index contributed by atoms with van der Waals surface area (Å²) < 4.78 is 1.52. The number of hydrogen-bond acceptors (Lipinski definition) is 3. The maximum absolute atomic E-state index is 11.3. The molecule has 4 heteroatoms. The molecule has 0 saturated heterocycles. The van der Waals surface area contributed by atoms with Crippen molar-refractivity contribution in [3.8, 4) is 0 Å². The van der Waals surface area contributed by atoms with E-state index in [-0.39, 0.29) is 5.56 Å². The van der Waals surface area contributed by atoms with Crippen LogP contribution in [0.3, 0.4) is 0 Å². The van der Waals surface area contributed by atoms with Crippen LogP contribution in [0.5, 0.6) is 0 Å². The first-order valence-corrected chi connectivity index (χ1v) is 7.99. The van der Waals surface area contributed by atoms with E-state index in [2.05, 4.69) is 9.97 Å². The van der Waals surface area contributed by atoms with Gasteiger partial charge in [-0.2, -0.15) is 0 Å². The first kappa shape index (κ1) is 20.5. The fraction of sp³-hybridized carbons (Fsp3) is 0.316. The van der Waals surface area contributed by atoms with Crippen LogP contribution < -0.4 is 5.56 Å². The monoisotopic (exact) mass is 313 g/mol. The lowest BCUT2D eigenvalue weighted by molar-refractivity contribution is 1.02. The molecular weight excluding hydrogens is 286 g/mol. The summed E-state index contributed by atoms with van der Waals surface area (Å²) in [7, 11) is 0. The average Bonchev–Trinajstić information content (AvgIpc) is 2.60. The lowest BCUT2D eigenvalue weighted by Gasteiger charge is -1.98. The highest BCUT2D eigenvalue weighted by molar-refractivity contribution is 5.37. The summed E-state index contributed by atoms with van der Waals surface area (Å²) in [5.41, 5.74) is 2.49. The molecule has 4 nitrogen and oxygen atoms in total. The quantitative estimate of drug-likeness (QED) is 0.616. The molecule has 0 aromatic carbocycles. The molecule has 0 spiro atoms. The smallest absolute Gasteiger partial charge is 0.258 e. The van der Waals surface area contributed by atoms with Crippen LogP contribution in [0, 0.1) is 13.8 Å². The molecule has 0 saturated carbocycles. The third-order valence-electron chi connectivity index (χ3n) is 2.51. The van der Waals surface area contributed by atoms with Crippen LogP contribution in [-0.2, 0) is 0 Å². The predicted molar refractivity (Wildman–Crippen MR) is 97.9 cm³/mol. The number of fused-ring (bicyclic) bond motifs is 1. The molecule has 0 aliphatic heterocycles. The normalized spacial score (nSPS) is 8.61. The van der Waals surface area contributed by atoms with Crippen molar-refractivity contribution in [2.24, 2.45) is 0 Å². The van der Waals surface area contributed by atoms with E-state index in [0.717, 1.165) is 11.4 Å². The van der Waals surface area contributed by atoms with Crippen LogP contribution in [0.15, 0.2) is 59.7 Å². The highest BCUT2D eigenvalue weighted by atomic mass is 16.1. The van der Waals surface area contributed by atoms with Crippen molar-refractivity contribution in [3.63, 3.8) is 0 Å². The van der Waals surface area contributed by atoms with Gasteiger partial charge in [-0.15, -0.1) is 0 Å². The molecule has 0 amide bonds. The summed E-state index contributed by atoms with van der Waals surface area (Å²) in [6.45, 7) is 11.8. The zero-order valence-corrected chi connectivity index (χ0v) is 14.9. The van der Waals surface area contributed by atoms with E-state index in [1.54, 1.807) is 12.4 Å². The predicted octanol–water partition coefficient (Wildman–Crippen LogP) is 4.45. The van der Waals surface area contributed by atoms with Crippen LogP contribution in [-0.4, -0.2) is 14.4 Å². The minimum absolute atomic E-state index is 0.0295. The Kier molecular flexibility index (Phi) is 10.8. The van der Waals surface area contributed by atoms with Crippen LogP contribution in [0.1, 0.15) is 39.1 Å². The summed E-state index contributed by atoms with van der Waals surface area (Å²) in [4.78, 5) is 19.5. The summed E-state index contributed by atoms with van der Waals surface area (Å²) in [6.07, 6.45) is 3.50. The number of aryl methyl sites for hydroxylation is 2. The van der Waals surface area contributed by atoms with E-state index in [1.807, 2.05) is 77.9 Å². The molecule has 0 N–H and O–H groups in total. The Morgan fingerprint density at radius 3 is 2.04 bits per heavy atom. The minimum atomic E-state index is -0.0295. The molecule has 0 atom stereocenters. The lowest BCUT2D eigenvalue weighted by atomic mass is 10.4. The maximum Gasteiger partial charge on any atom is 0.258 e. The number of hydrogen-bond donors (Lipinski definition) is 0. The molecule has 3 aromatic heterocycles. The third kappa shape index (κ3) is 7.36. The van der Waals surface area contributed by atoms with Gasteiger partial charge in [0.2, 0.25) is 0 Å². The Balaban J connectivity index is 0.000000377. The van der Waals surface area contributed by atoms with Crippen molar-refractivity contribution in [2.45, 2.75) is 41.5 Å². The second-order valence-corrected chi connectivity index (χ2v) is 4.14. The largest absolute Gasteiger partial charge is 0.269 e. The zero-order valence-electron chi connectivity index (χ0n) is 14.9. The van der Waals surface area contributed by atoms with Gasteiger partial charge in [0.15, 0.2) is 0 Å². The van der Waals surface area contributed by atoms with Gasteiger partial charge in [-0.1, -0.05) is 39.8 Å². The van der Waals surface area contributed by atoms with Gasteiger partial charge in [-0.25, -0.2) is 4.98 Å². The van der Waals surface area contributed by atoms with Gasteiger partial charge in [0.1, 0.15) is 5.65 Å². The van der Waals surface area contributed by atoms with Crippen LogP contribution in [0.4, 0.5) is 0 Å². The van der Waals surface area contributed by atoms with Crippen molar-refractivity contribution < 1.29 is 0 Å². The Labute approximate surface area is 138 Å². The minimum Gasteiger partial charge on any atom is -0.269 e. The zero-order chi connectivity index (χ0) is 17.7. The molecule has 0 unspecified atom stereocenters. The standard InChI is InChI=1S/C9H8N2O.C6H7N.2C2H6/c1-7-6-9(12)11-5-3-2-4-8(11)10-7;1-6-4-2-3-5-7-6;2*1-2/h2-6H,1H3;2-5H,1H3;2*1-2H3. The van der Waals surface area contributed by atoms with Crippen LogP contribution in [0.25, 0.3) is 5.65 Å². The molecule has 0 bridgehead atoms. The van der Waals surface area contributed by atoms with Gasteiger partial charge in [-0.05, 0) is 38.1 Å². The number of pyridine rings is 2. The Bertz CT molecular complexity index is 721. The molecule has 0 aliphatic carbocycles. The summed E-state index contributed by atoms with van der Waals surface area (Å²) in [5, 5.41) is 0. The molecule has 124 valence electrons. The van der Waals surface area contributed by atoms with Crippen molar-refractivity contribution >= 4 is 5.65 Å². The van der Waals surface area contributed by atoms with Gasteiger partial charge in [0.25, 0.3) is 5.56 Å². The molecule has 0 fully saturated rings. The molecule has 3 heterocycles. The van der Waals surface area contributed by atoms with Crippen molar-refractivity contribution in [2.75, 3.05) is 0 Å². The highest BCUT2D eigenvalue weighted by Crippen LogP contribution is 1.96. The second-order valence-electron chi connectivity index (χ2n) is 4.14. The number of rotatable bonds is 0. The molecule has 0 radical (unpaired) electrons. The first-order chi connectivity index (χ1) is 11.2. The van der Waals surface area contributed by atoms with Crippen LogP contribution in [0.2, 0.25) is 0 Å². The Morgan fingerprint density at radius 1 is 0.870 bits per heavy atom. The van der Waals surface area contributed by atoms with Gasteiger partial charge in [0.05, 0.1) is 0 Å². The number of aromatic nitrogens is 3. The van der Waals surface area contributed by atoms with Gasteiger partial charge in [-0.3, -0.25) is 14.2 Å². The number of nitrogens with zero attached hydrogens (tertiary/aromatic N) is 3. The van der Waals surface area contributed by atoms with E-state index in [1.165, 1.54) is 10.5 Å². The van der Waals surface area contributed by atoms with Crippen molar-refractivity contribution in [3.05, 3.63) is 76.6 Å². The van der Waals surface area contributed by atoms with Crippen molar-refractivity contribution in [1.82, 2.24) is 14.4 Å². The van der Waals surface area contributed by atoms with E-state index >= 15 is 0 Å². The van der Waals surface area contributed by atoms with E-state index in [0.29, 0.717) is 5.65 Å². The molecular formula is C19H27N3O. The summed E-state index contributed by atoms with van der Waals surface area (Å²) in [5.74, 6) is 0. The molecule has 0 aliphatic rings. The molecule has 23 heavy (non-hydrogen) atoms. The first-order valence-electron chi connectivity index (χ1n) is 7.99. The second kappa shape index (κ2) is 12.1. The van der Waals surface area contributed by atoms with Gasteiger partial charge in [0, 0.05) is 29.8 Å². The van der Waals surface area contributed by atoms with E-state index < -0.39 is 0 Å². The van der Waals surface area contributed by atoms with E-state index in [9.17, 15) is 4.79 Å². The fourth-order valence-electron chi connectivity index (χ4n) is 1.62. The topological polar surface area (TPSA) is 47.3 Å². The maximum atomic E-state index is 11.3. The summed E-state index contributed by atoms with van der Waals surface area (Å²) >= 11 is 0. The third-order valence-corrected chi connectivity index (χ3v) is 2.51. The fourth-order valence-corrected chi connectivity index (χ4v) is 1.62. The van der Waals surface area contributed by atoms with Crippen molar-refractivity contribution in [1.29, 1.82) is 0 Å². The SMILES string of the molecule is CC.CC.Cc1cc(=O)n2ccccc2n1.Cc1ccccn1.